The van der Waals surface area contributed by atoms with E-state index in [9.17, 15) is 0 Å². The zero-order chi connectivity index (χ0) is 20.9. The van der Waals surface area contributed by atoms with Gasteiger partial charge in [0.25, 0.3) is 0 Å². The summed E-state index contributed by atoms with van der Waals surface area (Å²) in [5, 5.41) is 3.72. The Morgan fingerprint density at radius 1 is 0.706 bits per heavy atom. The maximum Gasteiger partial charge on any atom is 0.0367 e. The topological polar surface area (TPSA) is 18.5 Å². The van der Waals surface area contributed by atoms with E-state index in [1.165, 1.54) is 41.8 Å². The number of hydrogen-bond acceptors (Lipinski definition) is 3. The van der Waals surface area contributed by atoms with Crippen LogP contribution in [0.3, 0.4) is 0 Å². The van der Waals surface area contributed by atoms with Gasteiger partial charge in [0.2, 0.25) is 0 Å². The average Bonchev–Trinajstić information content (AvgIpc) is 2.86. The van der Waals surface area contributed by atoms with Crippen molar-refractivity contribution in [3.8, 4) is 0 Å². The van der Waals surface area contributed by atoms with Crippen LogP contribution < -0.4 is 10.2 Å². The molecule has 2 heterocycles. The Kier molecular flexibility index (Phi) is 11.2. The third kappa shape index (κ3) is 6.08. The molecule has 3 nitrogen and oxygen atoms in total. The first-order valence-corrected chi connectivity index (χ1v) is 11.7. The minimum atomic E-state index is 0. The van der Waals surface area contributed by atoms with E-state index in [2.05, 4.69) is 100 Å². The predicted octanol–water partition coefficient (Wildman–Crippen LogP) is 5.94. The summed E-state index contributed by atoms with van der Waals surface area (Å²) in [5.41, 5.74) is 5.85. The summed E-state index contributed by atoms with van der Waals surface area (Å²) in [4.78, 5) is 5.17. The minimum absolute atomic E-state index is 0. The molecular weight excluding hydrogens is 485 g/mol. The van der Waals surface area contributed by atoms with Gasteiger partial charge in [0.1, 0.15) is 0 Å². The number of fused-ring (bicyclic) bond motifs is 1. The Hall–Kier alpha value is -1.75. The molecule has 0 bridgehead atoms. The van der Waals surface area contributed by atoms with Crippen molar-refractivity contribution in [2.24, 2.45) is 0 Å². The van der Waals surface area contributed by atoms with Gasteiger partial charge in [0.15, 0.2) is 0 Å². The van der Waals surface area contributed by atoms with Gasteiger partial charge in [-0.2, -0.15) is 0 Å². The molecule has 0 radical (unpaired) electrons. The van der Waals surface area contributed by atoms with Gasteiger partial charge in [-0.15, -0.1) is 37.2 Å². The number of para-hydroxylation sites is 1. The number of piperazine rings is 1. The normalized spacial score (nSPS) is 19.7. The van der Waals surface area contributed by atoms with Crippen molar-refractivity contribution in [2.45, 2.75) is 24.8 Å². The molecule has 3 aromatic carbocycles. The van der Waals surface area contributed by atoms with Gasteiger partial charge in [-0.05, 0) is 48.2 Å². The number of hydrogen-bond donors (Lipinski definition) is 1. The Morgan fingerprint density at radius 3 is 2.03 bits per heavy atom. The van der Waals surface area contributed by atoms with Crippen molar-refractivity contribution in [1.82, 2.24) is 10.2 Å². The Balaban J connectivity index is 0.00000136. The summed E-state index contributed by atoms with van der Waals surface area (Å²) < 4.78 is 0. The molecular formula is C28H36Cl3N3. The average molecular weight is 521 g/mol. The smallest absolute Gasteiger partial charge is 0.0367 e. The molecule has 0 saturated carbocycles. The molecule has 1 unspecified atom stereocenters. The maximum absolute atomic E-state index is 3.72. The van der Waals surface area contributed by atoms with E-state index in [1.807, 2.05) is 0 Å². The molecule has 0 aromatic heterocycles. The first-order valence-electron chi connectivity index (χ1n) is 11.7. The van der Waals surface area contributed by atoms with Crippen LogP contribution in [0.1, 0.15) is 29.5 Å². The van der Waals surface area contributed by atoms with Gasteiger partial charge in [-0.25, -0.2) is 0 Å². The maximum atomic E-state index is 3.72. The SMILES string of the molecule is Cl.Cl.Cl.c1ccc(N2CCN(CCCC3(c4ccccc4)CNCc4ccccc43)CC2)cc1. The van der Waals surface area contributed by atoms with E-state index >= 15 is 0 Å². The molecule has 1 N–H and O–H groups in total. The highest BCUT2D eigenvalue weighted by atomic mass is 35.5. The number of nitrogens with zero attached hydrogens (tertiary/aromatic N) is 2. The second-order valence-corrected chi connectivity index (χ2v) is 8.98. The fourth-order valence-electron chi connectivity index (χ4n) is 5.50. The van der Waals surface area contributed by atoms with Crippen molar-refractivity contribution < 1.29 is 0 Å². The highest BCUT2D eigenvalue weighted by Gasteiger charge is 2.37. The minimum Gasteiger partial charge on any atom is -0.369 e. The van der Waals surface area contributed by atoms with Crippen LogP contribution in [0.4, 0.5) is 5.69 Å². The Bertz CT molecular complexity index is 978. The molecule has 0 spiro atoms. The van der Waals surface area contributed by atoms with Gasteiger partial charge in [-0.1, -0.05) is 72.8 Å². The lowest BCUT2D eigenvalue weighted by atomic mass is 9.68. The Labute approximate surface area is 223 Å². The highest BCUT2D eigenvalue weighted by Crippen LogP contribution is 2.40. The van der Waals surface area contributed by atoms with Gasteiger partial charge in [0, 0.05) is 50.4 Å². The van der Waals surface area contributed by atoms with Crippen LogP contribution in [-0.2, 0) is 12.0 Å². The van der Waals surface area contributed by atoms with Crippen molar-refractivity contribution in [1.29, 1.82) is 0 Å². The third-order valence-corrected chi connectivity index (χ3v) is 7.17. The molecule has 0 amide bonds. The van der Waals surface area contributed by atoms with Crippen LogP contribution in [0, 0.1) is 0 Å². The van der Waals surface area contributed by atoms with Crippen LogP contribution in [0.5, 0.6) is 0 Å². The van der Waals surface area contributed by atoms with Crippen molar-refractivity contribution >= 4 is 42.9 Å². The number of nitrogens with one attached hydrogen (secondary N) is 1. The molecule has 1 atom stereocenters. The fourth-order valence-corrected chi connectivity index (χ4v) is 5.50. The van der Waals surface area contributed by atoms with Crippen LogP contribution >= 0.6 is 37.2 Å². The predicted molar refractivity (Wildman–Crippen MR) is 151 cm³/mol. The van der Waals surface area contributed by atoms with E-state index in [0.717, 1.165) is 39.3 Å². The molecule has 3 aromatic rings. The summed E-state index contributed by atoms with van der Waals surface area (Å²) in [5.74, 6) is 0. The monoisotopic (exact) mass is 519 g/mol. The first-order chi connectivity index (χ1) is 15.4. The zero-order valence-corrected chi connectivity index (χ0v) is 22.0. The highest BCUT2D eigenvalue weighted by molar-refractivity contribution is 5.86. The molecule has 2 aliphatic heterocycles. The Morgan fingerprint density at radius 2 is 1.32 bits per heavy atom. The van der Waals surface area contributed by atoms with E-state index in [1.54, 1.807) is 0 Å². The van der Waals surface area contributed by atoms with Gasteiger partial charge in [0.05, 0.1) is 0 Å². The molecule has 6 heteroatoms. The van der Waals surface area contributed by atoms with Crippen LogP contribution in [0.25, 0.3) is 0 Å². The molecule has 2 aliphatic rings. The molecule has 0 aliphatic carbocycles. The number of anilines is 1. The summed E-state index contributed by atoms with van der Waals surface area (Å²) >= 11 is 0. The van der Waals surface area contributed by atoms with E-state index < -0.39 is 0 Å². The standard InChI is InChI=1S/C28H33N3.3ClH/c1-3-11-25(12-4-1)28(23-29-22-24-10-7-8-15-27(24)28)16-9-17-30-18-20-31(21-19-30)26-13-5-2-6-14-26;;;/h1-8,10-15,29H,9,16-23H2;3*1H. The van der Waals surface area contributed by atoms with E-state index in [0.29, 0.717) is 0 Å². The number of halogens is 3. The van der Waals surface area contributed by atoms with Crippen molar-refractivity contribution in [3.05, 3.63) is 102 Å². The van der Waals surface area contributed by atoms with Crippen LogP contribution in [0.15, 0.2) is 84.9 Å². The van der Waals surface area contributed by atoms with Gasteiger partial charge in [-0.3, -0.25) is 4.90 Å². The summed E-state index contributed by atoms with van der Waals surface area (Å²) in [6, 6.07) is 31.0. The molecule has 184 valence electrons. The molecule has 5 rings (SSSR count). The van der Waals surface area contributed by atoms with Gasteiger partial charge < -0.3 is 10.2 Å². The largest absolute Gasteiger partial charge is 0.369 e. The summed E-state index contributed by atoms with van der Waals surface area (Å²) in [6.07, 6.45) is 2.40. The second kappa shape index (κ2) is 13.4. The number of rotatable bonds is 6. The van der Waals surface area contributed by atoms with Crippen molar-refractivity contribution in [3.63, 3.8) is 0 Å². The quantitative estimate of drug-likeness (QED) is 0.434. The second-order valence-electron chi connectivity index (χ2n) is 8.98. The zero-order valence-electron chi connectivity index (χ0n) is 19.6. The lowest BCUT2D eigenvalue weighted by Crippen LogP contribution is -2.47. The van der Waals surface area contributed by atoms with E-state index in [-0.39, 0.29) is 42.6 Å². The number of benzene rings is 3. The molecule has 1 saturated heterocycles. The van der Waals surface area contributed by atoms with Crippen LogP contribution in [-0.4, -0.2) is 44.2 Å². The van der Waals surface area contributed by atoms with Crippen molar-refractivity contribution in [2.75, 3.05) is 44.2 Å². The summed E-state index contributed by atoms with van der Waals surface area (Å²) in [6.45, 7) is 7.74. The molecule has 1 fully saturated rings. The third-order valence-electron chi connectivity index (χ3n) is 7.17. The van der Waals surface area contributed by atoms with E-state index in [4.69, 9.17) is 0 Å². The lowest BCUT2D eigenvalue weighted by Gasteiger charge is -2.41. The van der Waals surface area contributed by atoms with Crippen LogP contribution in [0.2, 0.25) is 0 Å². The molecule has 34 heavy (non-hydrogen) atoms. The summed E-state index contributed by atoms with van der Waals surface area (Å²) in [7, 11) is 0. The lowest BCUT2D eigenvalue weighted by molar-refractivity contribution is 0.243. The fraction of sp³-hybridized carbons (Fsp3) is 0.357. The van der Waals surface area contributed by atoms with Gasteiger partial charge >= 0.3 is 0 Å². The first kappa shape index (κ1) is 28.5.